The van der Waals surface area contributed by atoms with Crippen molar-refractivity contribution in [3.8, 4) is 0 Å². The molecule has 0 radical (unpaired) electrons. The number of carbonyl (C=O) groups is 4. The Balaban J connectivity index is 1.39. The van der Waals surface area contributed by atoms with Crippen LogP contribution >= 0.6 is 0 Å². The maximum atomic E-state index is 13.3. The molecule has 0 aromatic heterocycles. The van der Waals surface area contributed by atoms with Crippen molar-refractivity contribution in [2.24, 2.45) is 0 Å². The Morgan fingerprint density at radius 1 is 1.10 bits per heavy atom. The van der Waals surface area contributed by atoms with Crippen molar-refractivity contribution in [2.45, 2.75) is 69.1 Å². The molecule has 3 heterocycles. The number of amides is 4. The first-order valence-corrected chi connectivity index (χ1v) is 11.2. The lowest BCUT2D eigenvalue weighted by Gasteiger charge is -2.38. The highest BCUT2D eigenvalue weighted by atomic mass is 16.2. The van der Waals surface area contributed by atoms with E-state index in [1.165, 1.54) is 12.8 Å². The van der Waals surface area contributed by atoms with Crippen LogP contribution in [0.5, 0.6) is 0 Å². The standard InChI is InChI=1S/C23H28N4O4/c1-26(23(10-11-23)17-7-2-3-12-24-17)13-14-5-4-6-15-19(14)22(31)27(21(15)30)16-8-9-18(28)25-20(16)29/h4-6,16-17,24H,2-3,7-13H2,1H3,(H,25,28,29). The third-order valence-corrected chi connectivity index (χ3v) is 7.44. The summed E-state index contributed by atoms with van der Waals surface area (Å²) in [6.45, 7) is 1.62. The molecule has 2 N–H and O–H groups in total. The monoisotopic (exact) mass is 424 g/mol. The van der Waals surface area contributed by atoms with Crippen molar-refractivity contribution < 1.29 is 19.2 Å². The van der Waals surface area contributed by atoms with E-state index in [4.69, 9.17) is 0 Å². The molecule has 2 atom stereocenters. The zero-order valence-corrected chi connectivity index (χ0v) is 17.8. The molecule has 0 bridgehead atoms. The number of hydrogen-bond donors (Lipinski definition) is 2. The molecular formula is C23H28N4O4. The van der Waals surface area contributed by atoms with Crippen LogP contribution in [0.1, 0.15) is 71.2 Å². The third kappa shape index (κ3) is 3.29. The lowest BCUT2D eigenvalue weighted by molar-refractivity contribution is -0.136. The zero-order chi connectivity index (χ0) is 21.8. The van der Waals surface area contributed by atoms with Gasteiger partial charge in [-0.25, -0.2) is 0 Å². The molecule has 3 aliphatic heterocycles. The number of fused-ring (bicyclic) bond motifs is 1. The lowest BCUT2D eigenvalue weighted by atomic mass is 9.94. The van der Waals surface area contributed by atoms with Gasteiger partial charge in [0.2, 0.25) is 11.8 Å². The summed E-state index contributed by atoms with van der Waals surface area (Å²) in [5.41, 5.74) is 1.67. The normalized spacial score (nSPS) is 27.5. The highest BCUT2D eigenvalue weighted by Gasteiger charge is 2.53. The van der Waals surface area contributed by atoms with Crippen molar-refractivity contribution in [1.29, 1.82) is 0 Å². The fourth-order valence-corrected chi connectivity index (χ4v) is 5.56. The molecule has 8 heteroatoms. The summed E-state index contributed by atoms with van der Waals surface area (Å²) < 4.78 is 0. The van der Waals surface area contributed by atoms with E-state index in [-0.39, 0.29) is 24.3 Å². The molecule has 4 amide bonds. The predicted octanol–water partition coefficient (Wildman–Crippen LogP) is 1.19. The average Bonchev–Trinajstić information content (AvgIpc) is 3.53. The summed E-state index contributed by atoms with van der Waals surface area (Å²) in [7, 11) is 2.10. The first-order chi connectivity index (χ1) is 14.9. The second-order valence-corrected chi connectivity index (χ2v) is 9.25. The Morgan fingerprint density at radius 3 is 2.58 bits per heavy atom. The molecule has 2 saturated heterocycles. The van der Waals surface area contributed by atoms with Gasteiger partial charge in [0.25, 0.3) is 11.8 Å². The first kappa shape index (κ1) is 20.3. The van der Waals surface area contributed by atoms with Gasteiger partial charge in [0, 0.05) is 24.5 Å². The number of likely N-dealkylation sites (N-methyl/N-ethyl adjacent to an activating group) is 1. The van der Waals surface area contributed by atoms with Gasteiger partial charge in [0.15, 0.2) is 0 Å². The Morgan fingerprint density at radius 2 is 1.90 bits per heavy atom. The Labute approximate surface area is 181 Å². The van der Waals surface area contributed by atoms with Gasteiger partial charge < -0.3 is 5.32 Å². The molecule has 1 aliphatic carbocycles. The number of piperidine rings is 2. The van der Waals surface area contributed by atoms with Gasteiger partial charge in [-0.05, 0) is 57.3 Å². The molecule has 5 rings (SSSR count). The minimum absolute atomic E-state index is 0.109. The number of hydrogen-bond acceptors (Lipinski definition) is 6. The fourth-order valence-electron chi connectivity index (χ4n) is 5.56. The van der Waals surface area contributed by atoms with Gasteiger partial charge >= 0.3 is 0 Å². The number of carbonyl (C=O) groups excluding carboxylic acids is 4. The highest BCUT2D eigenvalue weighted by molar-refractivity contribution is 6.24. The fraction of sp³-hybridized carbons (Fsp3) is 0.565. The van der Waals surface area contributed by atoms with Gasteiger partial charge in [-0.15, -0.1) is 0 Å². The van der Waals surface area contributed by atoms with Crippen molar-refractivity contribution in [3.05, 3.63) is 34.9 Å². The van der Waals surface area contributed by atoms with E-state index in [1.54, 1.807) is 12.1 Å². The van der Waals surface area contributed by atoms with Crippen LogP contribution in [-0.4, -0.2) is 64.6 Å². The van der Waals surface area contributed by atoms with Crippen LogP contribution in [0.25, 0.3) is 0 Å². The van der Waals surface area contributed by atoms with Gasteiger partial charge in [-0.2, -0.15) is 0 Å². The van der Waals surface area contributed by atoms with Crippen LogP contribution in [-0.2, 0) is 16.1 Å². The van der Waals surface area contributed by atoms with Crippen LogP contribution < -0.4 is 10.6 Å². The molecule has 4 aliphatic rings. The van der Waals surface area contributed by atoms with Gasteiger partial charge in [0.05, 0.1) is 11.1 Å². The minimum atomic E-state index is -0.933. The number of nitrogens with zero attached hydrogens (tertiary/aromatic N) is 2. The summed E-state index contributed by atoms with van der Waals surface area (Å²) in [5, 5.41) is 5.92. The first-order valence-electron chi connectivity index (χ1n) is 11.2. The number of rotatable bonds is 5. The second-order valence-electron chi connectivity index (χ2n) is 9.25. The average molecular weight is 425 g/mol. The summed E-state index contributed by atoms with van der Waals surface area (Å²) in [5.74, 6) is -1.83. The summed E-state index contributed by atoms with van der Waals surface area (Å²) in [4.78, 5) is 53.5. The Kier molecular flexibility index (Phi) is 4.94. The maximum absolute atomic E-state index is 13.3. The summed E-state index contributed by atoms with van der Waals surface area (Å²) in [6, 6.07) is 4.89. The zero-order valence-electron chi connectivity index (χ0n) is 17.8. The van der Waals surface area contributed by atoms with Crippen molar-refractivity contribution in [1.82, 2.24) is 20.4 Å². The minimum Gasteiger partial charge on any atom is -0.312 e. The lowest BCUT2D eigenvalue weighted by Crippen LogP contribution is -2.54. The van der Waals surface area contributed by atoms with E-state index in [0.717, 1.165) is 36.3 Å². The number of benzene rings is 1. The topological polar surface area (TPSA) is 98.8 Å². The molecule has 0 spiro atoms. The molecule has 31 heavy (non-hydrogen) atoms. The molecular weight excluding hydrogens is 396 g/mol. The van der Waals surface area contributed by atoms with Crippen molar-refractivity contribution in [3.63, 3.8) is 0 Å². The van der Waals surface area contributed by atoms with E-state index in [0.29, 0.717) is 23.7 Å². The smallest absolute Gasteiger partial charge is 0.262 e. The van der Waals surface area contributed by atoms with E-state index in [2.05, 4.69) is 22.6 Å². The molecule has 3 fully saturated rings. The predicted molar refractivity (Wildman–Crippen MR) is 112 cm³/mol. The van der Waals surface area contributed by atoms with Crippen molar-refractivity contribution in [2.75, 3.05) is 13.6 Å². The van der Waals surface area contributed by atoms with Crippen LogP contribution in [0.2, 0.25) is 0 Å². The van der Waals surface area contributed by atoms with Gasteiger partial charge in [0.1, 0.15) is 6.04 Å². The van der Waals surface area contributed by atoms with Crippen LogP contribution in [0.15, 0.2) is 18.2 Å². The van der Waals surface area contributed by atoms with Gasteiger partial charge in [-0.1, -0.05) is 18.6 Å². The number of nitrogens with one attached hydrogen (secondary N) is 2. The van der Waals surface area contributed by atoms with E-state index >= 15 is 0 Å². The third-order valence-electron chi connectivity index (χ3n) is 7.44. The molecule has 1 aromatic rings. The second kappa shape index (κ2) is 7.53. The summed E-state index contributed by atoms with van der Waals surface area (Å²) in [6.07, 6.45) is 6.17. The van der Waals surface area contributed by atoms with E-state index in [1.807, 2.05) is 6.07 Å². The van der Waals surface area contributed by atoms with Crippen LogP contribution in [0.4, 0.5) is 0 Å². The Hall–Kier alpha value is -2.58. The molecule has 8 nitrogen and oxygen atoms in total. The van der Waals surface area contributed by atoms with Crippen molar-refractivity contribution >= 4 is 23.6 Å². The molecule has 2 unspecified atom stereocenters. The quantitative estimate of drug-likeness (QED) is 0.689. The van der Waals surface area contributed by atoms with E-state index < -0.39 is 23.8 Å². The SMILES string of the molecule is CN(Cc1cccc2c1C(=O)N(C1CCC(=O)NC1=O)C2=O)C1(C2CCCCN2)CC1. The Bertz CT molecular complexity index is 964. The molecule has 1 aromatic carbocycles. The molecule has 164 valence electrons. The van der Waals surface area contributed by atoms with Gasteiger partial charge in [-0.3, -0.25) is 34.3 Å². The van der Waals surface area contributed by atoms with E-state index in [9.17, 15) is 19.2 Å². The van der Waals surface area contributed by atoms with Crippen LogP contribution in [0.3, 0.4) is 0 Å². The van der Waals surface area contributed by atoms with Crippen LogP contribution in [0, 0.1) is 0 Å². The summed E-state index contributed by atoms with van der Waals surface area (Å²) >= 11 is 0. The largest absolute Gasteiger partial charge is 0.312 e. The highest BCUT2D eigenvalue weighted by Crippen LogP contribution is 2.47. The maximum Gasteiger partial charge on any atom is 0.262 e. The molecule has 1 saturated carbocycles. The number of imide groups is 2.